The van der Waals surface area contributed by atoms with Gasteiger partial charge in [0, 0.05) is 21.5 Å². The molecule has 0 unspecified atom stereocenters. The van der Waals surface area contributed by atoms with Crippen LogP contribution in [0.25, 0.3) is 0 Å². The van der Waals surface area contributed by atoms with E-state index in [9.17, 15) is 4.79 Å². The fourth-order valence-corrected chi connectivity index (χ4v) is 3.26. The Balaban J connectivity index is 1.58. The first kappa shape index (κ1) is 15.6. The highest BCUT2D eigenvalue weighted by atomic mass is 79.9. The molecule has 0 saturated heterocycles. The van der Waals surface area contributed by atoms with Gasteiger partial charge in [0.05, 0.1) is 6.42 Å². The molecule has 22 heavy (non-hydrogen) atoms. The van der Waals surface area contributed by atoms with Crippen LogP contribution < -0.4 is 5.32 Å². The van der Waals surface area contributed by atoms with Crippen LogP contribution in [0.15, 0.2) is 53.0 Å². The van der Waals surface area contributed by atoms with Gasteiger partial charge in [-0.3, -0.25) is 4.79 Å². The highest BCUT2D eigenvalue weighted by molar-refractivity contribution is 9.10. The maximum Gasteiger partial charge on any atom is 0.224 e. The number of hydrogen-bond donors (Lipinski definition) is 1. The third-order valence-electron chi connectivity index (χ3n) is 4.19. The van der Waals surface area contributed by atoms with Crippen molar-refractivity contribution in [2.45, 2.75) is 24.7 Å². The van der Waals surface area contributed by atoms with Crippen molar-refractivity contribution in [2.75, 3.05) is 6.54 Å². The van der Waals surface area contributed by atoms with Gasteiger partial charge in [0.15, 0.2) is 0 Å². The molecular weight excluding hydrogens is 362 g/mol. The Hall–Kier alpha value is -1.32. The molecule has 0 spiro atoms. The highest BCUT2D eigenvalue weighted by Gasteiger charge is 2.44. The summed E-state index contributed by atoms with van der Waals surface area (Å²) < 4.78 is 0.998. The maximum absolute atomic E-state index is 12.1. The molecule has 1 aliphatic carbocycles. The molecule has 1 N–H and O–H groups in total. The Kier molecular flexibility index (Phi) is 4.55. The molecule has 1 aliphatic rings. The molecular formula is C18H17BrClNO. The topological polar surface area (TPSA) is 29.1 Å². The van der Waals surface area contributed by atoms with Gasteiger partial charge in [-0.05, 0) is 48.2 Å². The van der Waals surface area contributed by atoms with Crippen molar-refractivity contribution in [3.05, 3.63) is 69.2 Å². The lowest BCUT2D eigenvalue weighted by molar-refractivity contribution is -0.120. The summed E-state index contributed by atoms with van der Waals surface area (Å²) in [5.74, 6) is 0.0679. The molecule has 2 nitrogen and oxygen atoms in total. The molecule has 3 rings (SSSR count). The van der Waals surface area contributed by atoms with Crippen molar-refractivity contribution < 1.29 is 4.79 Å². The predicted molar refractivity (Wildman–Crippen MR) is 93.2 cm³/mol. The summed E-state index contributed by atoms with van der Waals surface area (Å²) in [4.78, 5) is 12.1. The minimum Gasteiger partial charge on any atom is -0.355 e. The Morgan fingerprint density at radius 1 is 1.18 bits per heavy atom. The van der Waals surface area contributed by atoms with Crippen molar-refractivity contribution in [2.24, 2.45) is 0 Å². The molecule has 0 radical (unpaired) electrons. The summed E-state index contributed by atoms with van der Waals surface area (Å²) in [7, 11) is 0. The Labute approximate surface area is 144 Å². The van der Waals surface area contributed by atoms with E-state index in [1.165, 1.54) is 5.56 Å². The Morgan fingerprint density at radius 2 is 1.91 bits per heavy atom. The quantitative estimate of drug-likeness (QED) is 0.816. The van der Waals surface area contributed by atoms with Crippen molar-refractivity contribution in [3.8, 4) is 0 Å². The zero-order chi connectivity index (χ0) is 15.6. The predicted octanol–water partition coefficient (Wildman–Crippen LogP) is 4.49. The van der Waals surface area contributed by atoms with Crippen LogP contribution in [-0.2, 0) is 16.6 Å². The highest BCUT2D eigenvalue weighted by Crippen LogP contribution is 2.47. The van der Waals surface area contributed by atoms with Crippen molar-refractivity contribution in [1.29, 1.82) is 0 Å². The maximum atomic E-state index is 12.1. The Morgan fingerprint density at radius 3 is 2.55 bits per heavy atom. The van der Waals surface area contributed by atoms with Gasteiger partial charge in [-0.15, -0.1) is 0 Å². The fraction of sp³-hybridized carbons (Fsp3) is 0.278. The number of rotatable bonds is 5. The van der Waals surface area contributed by atoms with E-state index in [-0.39, 0.29) is 11.3 Å². The van der Waals surface area contributed by atoms with Crippen LogP contribution in [-0.4, -0.2) is 12.5 Å². The normalized spacial score (nSPS) is 15.4. The molecule has 4 heteroatoms. The summed E-state index contributed by atoms with van der Waals surface area (Å²) in [6.07, 6.45) is 2.65. The van der Waals surface area contributed by atoms with Gasteiger partial charge in [0.2, 0.25) is 5.91 Å². The van der Waals surface area contributed by atoms with Crippen LogP contribution in [0.3, 0.4) is 0 Å². The van der Waals surface area contributed by atoms with Crippen LogP contribution >= 0.6 is 27.5 Å². The number of hydrogen-bond acceptors (Lipinski definition) is 1. The molecule has 114 valence electrons. The monoisotopic (exact) mass is 377 g/mol. The number of amides is 1. The van der Waals surface area contributed by atoms with Gasteiger partial charge in [-0.2, -0.15) is 0 Å². The van der Waals surface area contributed by atoms with E-state index in [2.05, 4.69) is 33.4 Å². The van der Waals surface area contributed by atoms with E-state index in [0.29, 0.717) is 13.0 Å². The number of benzene rings is 2. The van der Waals surface area contributed by atoms with Crippen molar-refractivity contribution in [1.82, 2.24) is 5.32 Å². The molecule has 0 heterocycles. The van der Waals surface area contributed by atoms with Crippen molar-refractivity contribution >= 4 is 33.4 Å². The molecule has 1 saturated carbocycles. The minimum absolute atomic E-state index is 0.0679. The number of halogens is 2. The number of carbonyl (C=O) groups is 1. The van der Waals surface area contributed by atoms with E-state index in [0.717, 1.165) is 27.9 Å². The molecule has 0 aliphatic heterocycles. The van der Waals surface area contributed by atoms with Crippen molar-refractivity contribution in [3.63, 3.8) is 0 Å². The molecule has 1 fully saturated rings. The van der Waals surface area contributed by atoms with E-state index >= 15 is 0 Å². The minimum atomic E-state index is 0.0679. The molecule has 0 atom stereocenters. The standard InChI is InChI=1S/C18H17BrClNO/c19-15-3-1-2-13(10-15)11-17(22)21-12-18(8-9-18)14-4-6-16(20)7-5-14/h1-7,10H,8-9,11-12H2,(H,21,22). The largest absolute Gasteiger partial charge is 0.355 e. The van der Waals surface area contributed by atoms with Gasteiger partial charge in [0.1, 0.15) is 0 Å². The van der Waals surface area contributed by atoms with E-state index in [1.54, 1.807) is 0 Å². The summed E-state index contributed by atoms with van der Waals surface area (Å²) in [6.45, 7) is 0.696. The van der Waals surface area contributed by atoms with Crippen LogP contribution in [0.2, 0.25) is 5.02 Å². The zero-order valence-electron chi connectivity index (χ0n) is 12.1. The van der Waals surface area contributed by atoms with Gasteiger partial charge >= 0.3 is 0 Å². The van der Waals surface area contributed by atoms with E-state index in [4.69, 9.17) is 11.6 Å². The average molecular weight is 379 g/mol. The first-order chi connectivity index (χ1) is 10.6. The summed E-state index contributed by atoms with van der Waals surface area (Å²) in [5.41, 5.74) is 2.39. The number of carbonyl (C=O) groups excluding carboxylic acids is 1. The fourth-order valence-electron chi connectivity index (χ4n) is 2.68. The smallest absolute Gasteiger partial charge is 0.224 e. The summed E-state index contributed by atoms with van der Waals surface area (Å²) in [5, 5.41) is 3.83. The lowest BCUT2D eigenvalue weighted by Gasteiger charge is -2.17. The van der Waals surface area contributed by atoms with Gasteiger partial charge in [-0.1, -0.05) is 51.8 Å². The molecule has 0 bridgehead atoms. The van der Waals surface area contributed by atoms with Gasteiger partial charge < -0.3 is 5.32 Å². The summed E-state index contributed by atoms with van der Waals surface area (Å²) >= 11 is 9.37. The molecule has 2 aromatic rings. The second-order valence-electron chi connectivity index (χ2n) is 5.87. The first-order valence-corrected chi connectivity index (χ1v) is 8.52. The third-order valence-corrected chi connectivity index (χ3v) is 4.93. The average Bonchev–Trinajstić information content (AvgIpc) is 3.27. The second-order valence-corrected chi connectivity index (χ2v) is 7.22. The van der Waals surface area contributed by atoms with Crippen LogP contribution in [0.5, 0.6) is 0 Å². The van der Waals surface area contributed by atoms with E-state index in [1.807, 2.05) is 36.4 Å². The van der Waals surface area contributed by atoms with Gasteiger partial charge in [0.25, 0.3) is 0 Å². The van der Waals surface area contributed by atoms with Crippen LogP contribution in [0, 0.1) is 0 Å². The Bertz CT molecular complexity index is 680. The SMILES string of the molecule is O=C(Cc1cccc(Br)c1)NCC1(c2ccc(Cl)cc2)CC1. The van der Waals surface area contributed by atoms with E-state index < -0.39 is 0 Å². The lowest BCUT2D eigenvalue weighted by Crippen LogP contribution is -2.33. The van der Waals surface area contributed by atoms with Crippen LogP contribution in [0.4, 0.5) is 0 Å². The molecule has 0 aromatic heterocycles. The first-order valence-electron chi connectivity index (χ1n) is 7.35. The zero-order valence-corrected chi connectivity index (χ0v) is 14.5. The van der Waals surface area contributed by atoms with Crippen LogP contribution in [0.1, 0.15) is 24.0 Å². The number of nitrogens with one attached hydrogen (secondary N) is 1. The summed E-state index contributed by atoms with van der Waals surface area (Å²) in [6, 6.07) is 15.8. The lowest BCUT2D eigenvalue weighted by atomic mass is 9.96. The third kappa shape index (κ3) is 3.71. The molecule has 1 amide bonds. The van der Waals surface area contributed by atoms with Gasteiger partial charge in [-0.25, -0.2) is 0 Å². The second kappa shape index (κ2) is 6.43. The molecule has 2 aromatic carbocycles.